The van der Waals surface area contributed by atoms with E-state index in [4.69, 9.17) is 9.47 Å². The normalized spacial score (nSPS) is 19.5. The topological polar surface area (TPSA) is 105 Å². The number of nitrogens with zero attached hydrogens (tertiary/aromatic N) is 1. The van der Waals surface area contributed by atoms with Gasteiger partial charge in [0.1, 0.15) is 18.2 Å². The fourth-order valence-electron chi connectivity index (χ4n) is 4.89. The number of benzene rings is 2. The molecule has 0 bridgehead atoms. The summed E-state index contributed by atoms with van der Waals surface area (Å²) in [6.45, 7) is 5.94. The van der Waals surface area contributed by atoms with Gasteiger partial charge in [0.2, 0.25) is 0 Å². The average molecular weight is 481 g/mol. The summed E-state index contributed by atoms with van der Waals surface area (Å²) < 4.78 is 11.0. The Balaban J connectivity index is 1.41. The summed E-state index contributed by atoms with van der Waals surface area (Å²) in [6, 6.07) is 15.1. The highest BCUT2D eigenvalue weighted by Crippen LogP contribution is 2.44. The van der Waals surface area contributed by atoms with Crippen LogP contribution >= 0.6 is 0 Å². The van der Waals surface area contributed by atoms with Crippen molar-refractivity contribution in [2.24, 2.45) is 5.92 Å². The highest BCUT2D eigenvalue weighted by molar-refractivity contribution is 5.81. The van der Waals surface area contributed by atoms with Crippen LogP contribution in [0.2, 0.25) is 0 Å². The second kappa shape index (κ2) is 9.98. The third-order valence-corrected chi connectivity index (χ3v) is 6.47. The van der Waals surface area contributed by atoms with Gasteiger partial charge in [-0.1, -0.05) is 48.5 Å². The number of hydrogen-bond acceptors (Lipinski definition) is 5. The molecule has 2 amide bonds. The number of carbonyl (C=O) groups is 3. The molecular weight excluding hydrogens is 448 g/mol. The van der Waals surface area contributed by atoms with Crippen molar-refractivity contribution in [2.75, 3.05) is 19.7 Å². The van der Waals surface area contributed by atoms with Crippen molar-refractivity contribution >= 4 is 18.2 Å². The number of amides is 2. The Morgan fingerprint density at radius 2 is 1.60 bits per heavy atom. The predicted octanol–water partition coefficient (Wildman–Crippen LogP) is 4.63. The molecule has 8 heteroatoms. The largest absolute Gasteiger partial charge is 0.480 e. The van der Waals surface area contributed by atoms with Crippen LogP contribution in [0.1, 0.15) is 50.7 Å². The minimum atomic E-state index is -1.06. The van der Waals surface area contributed by atoms with Gasteiger partial charge in [0, 0.05) is 19.0 Å². The summed E-state index contributed by atoms with van der Waals surface area (Å²) in [6.07, 6.45) is -0.327. The van der Waals surface area contributed by atoms with Gasteiger partial charge in [-0.25, -0.2) is 14.4 Å². The summed E-state index contributed by atoms with van der Waals surface area (Å²) in [4.78, 5) is 38.2. The number of fused-ring (bicyclic) bond motifs is 3. The molecule has 1 fully saturated rings. The number of likely N-dealkylation sites (tertiary alicyclic amines) is 1. The molecule has 0 unspecified atom stereocenters. The van der Waals surface area contributed by atoms with Gasteiger partial charge in [-0.15, -0.1) is 0 Å². The van der Waals surface area contributed by atoms with Gasteiger partial charge in [-0.3, -0.25) is 4.90 Å². The highest BCUT2D eigenvalue weighted by Gasteiger charge is 2.38. The molecule has 1 saturated heterocycles. The van der Waals surface area contributed by atoms with Crippen molar-refractivity contribution in [3.8, 4) is 11.1 Å². The molecule has 2 N–H and O–H groups in total. The van der Waals surface area contributed by atoms with Gasteiger partial charge in [0.25, 0.3) is 0 Å². The van der Waals surface area contributed by atoms with Crippen LogP contribution in [-0.4, -0.2) is 59.5 Å². The number of piperidine rings is 1. The summed E-state index contributed by atoms with van der Waals surface area (Å²) in [5.74, 6) is -1.26. The Hall–Kier alpha value is -3.55. The molecule has 0 radical (unpaired) electrons. The van der Waals surface area contributed by atoms with Crippen LogP contribution in [0, 0.1) is 5.92 Å². The maximum absolute atomic E-state index is 13.1. The van der Waals surface area contributed by atoms with Crippen molar-refractivity contribution in [3.05, 3.63) is 59.7 Å². The average Bonchev–Trinajstić information content (AvgIpc) is 3.13. The van der Waals surface area contributed by atoms with E-state index in [2.05, 4.69) is 17.4 Å². The van der Waals surface area contributed by atoms with E-state index in [1.165, 1.54) is 4.90 Å². The number of ether oxygens (including phenoxy) is 2. The van der Waals surface area contributed by atoms with Crippen LogP contribution in [-0.2, 0) is 14.3 Å². The molecule has 2 aromatic rings. The van der Waals surface area contributed by atoms with Crippen LogP contribution in [0.3, 0.4) is 0 Å². The van der Waals surface area contributed by atoms with Crippen molar-refractivity contribution in [2.45, 2.75) is 51.2 Å². The molecule has 2 atom stereocenters. The first-order valence-corrected chi connectivity index (χ1v) is 12.0. The predicted molar refractivity (Wildman–Crippen MR) is 130 cm³/mol. The first-order valence-electron chi connectivity index (χ1n) is 12.0. The Bertz CT molecular complexity index is 1060. The van der Waals surface area contributed by atoms with Gasteiger partial charge in [-0.05, 0) is 61.8 Å². The lowest BCUT2D eigenvalue weighted by atomic mass is 9.93. The molecule has 2 aromatic carbocycles. The highest BCUT2D eigenvalue weighted by atomic mass is 16.6. The van der Waals surface area contributed by atoms with Crippen LogP contribution in [0.15, 0.2) is 48.5 Å². The van der Waals surface area contributed by atoms with E-state index in [0.29, 0.717) is 12.8 Å². The molecule has 1 heterocycles. The number of alkyl carbamates (subject to hydrolysis) is 1. The van der Waals surface area contributed by atoms with E-state index >= 15 is 0 Å². The minimum Gasteiger partial charge on any atom is -0.480 e. The molecule has 2 aliphatic rings. The molecule has 35 heavy (non-hydrogen) atoms. The maximum atomic E-state index is 13.1. The Kier molecular flexibility index (Phi) is 7.00. The fourth-order valence-corrected chi connectivity index (χ4v) is 4.89. The first kappa shape index (κ1) is 24.6. The Morgan fingerprint density at radius 3 is 2.17 bits per heavy atom. The molecule has 186 valence electrons. The summed E-state index contributed by atoms with van der Waals surface area (Å²) in [5.41, 5.74) is 3.82. The van der Waals surface area contributed by atoms with Gasteiger partial charge in [-0.2, -0.15) is 0 Å². The first-order chi connectivity index (χ1) is 16.6. The maximum Gasteiger partial charge on any atom is 0.410 e. The fraction of sp³-hybridized carbons (Fsp3) is 0.444. The zero-order chi connectivity index (χ0) is 25.2. The molecule has 8 nitrogen and oxygen atoms in total. The molecule has 1 aliphatic heterocycles. The second-order valence-electron chi connectivity index (χ2n) is 10.1. The second-order valence-corrected chi connectivity index (χ2v) is 10.1. The smallest absolute Gasteiger partial charge is 0.410 e. The number of carbonyl (C=O) groups excluding carboxylic acids is 2. The lowest BCUT2D eigenvalue weighted by Gasteiger charge is -2.37. The van der Waals surface area contributed by atoms with Gasteiger partial charge in [0.15, 0.2) is 0 Å². The molecule has 4 rings (SSSR count). The van der Waals surface area contributed by atoms with Crippen molar-refractivity contribution in [1.29, 1.82) is 0 Å². The number of carboxylic acid groups (broad SMARTS) is 1. The van der Waals surface area contributed by atoms with E-state index in [-0.39, 0.29) is 31.5 Å². The number of nitrogens with one attached hydrogen (secondary N) is 1. The zero-order valence-corrected chi connectivity index (χ0v) is 20.3. The Morgan fingerprint density at radius 1 is 1.00 bits per heavy atom. The molecule has 0 saturated carbocycles. The standard InChI is InChI=1S/C27H32N2O6/c1-27(2,3)35-25(32)28-14-17-12-13-23(24(30)31)29(15-17)26(33)34-16-22-20-10-6-4-8-18(20)19-9-5-7-11-21(19)22/h4-11,17,22-23H,12-16H2,1-3H3,(H,28,32)(H,30,31)/t17-,23-/m0/s1. The van der Waals surface area contributed by atoms with E-state index in [1.807, 2.05) is 36.4 Å². The van der Waals surface area contributed by atoms with E-state index in [1.54, 1.807) is 20.8 Å². The van der Waals surface area contributed by atoms with Crippen molar-refractivity contribution < 1.29 is 29.0 Å². The van der Waals surface area contributed by atoms with Crippen LogP contribution < -0.4 is 5.32 Å². The van der Waals surface area contributed by atoms with Crippen molar-refractivity contribution in [1.82, 2.24) is 10.2 Å². The van der Waals surface area contributed by atoms with Crippen molar-refractivity contribution in [3.63, 3.8) is 0 Å². The molecule has 0 aromatic heterocycles. The molecule has 1 aliphatic carbocycles. The number of carboxylic acids is 1. The molecule has 0 spiro atoms. The van der Waals surface area contributed by atoms with E-state index in [9.17, 15) is 19.5 Å². The summed E-state index contributed by atoms with van der Waals surface area (Å²) in [5, 5.41) is 12.4. The van der Waals surface area contributed by atoms with Gasteiger partial charge >= 0.3 is 18.2 Å². The summed E-state index contributed by atoms with van der Waals surface area (Å²) in [7, 11) is 0. The monoisotopic (exact) mass is 480 g/mol. The SMILES string of the molecule is CC(C)(C)OC(=O)NC[C@@H]1CC[C@@H](C(=O)O)N(C(=O)OCC2c3ccccc3-c3ccccc32)C1. The van der Waals surface area contributed by atoms with Crippen LogP contribution in [0.25, 0.3) is 11.1 Å². The van der Waals surface area contributed by atoms with Gasteiger partial charge < -0.3 is 19.9 Å². The lowest BCUT2D eigenvalue weighted by Crippen LogP contribution is -2.52. The number of hydrogen-bond donors (Lipinski definition) is 2. The third kappa shape index (κ3) is 5.58. The van der Waals surface area contributed by atoms with Crippen LogP contribution in [0.5, 0.6) is 0 Å². The number of aliphatic carboxylic acids is 1. The summed E-state index contributed by atoms with van der Waals surface area (Å²) >= 11 is 0. The lowest BCUT2D eigenvalue weighted by molar-refractivity contribution is -0.144. The van der Waals surface area contributed by atoms with Crippen LogP contribution in [0.4, 0.5) is 9.59 Å². The minimum absolute atomic E-state index is 0.0985. The Labute approximate surface area is 205 Å². The van der Waals surface area contributed by atoms with E-state index in [0.717, 1.165) is 22.3 Å². The molecular formula is C27H32N2O6. The number of rotatable bonds is 5. The van der Waals surface area contributed by atoms with Gasteiger partial charge in [0.05, 0.1) is 0 Å². The quantitative estimate of drug-likeness (QED) is 0.647. The third-order valence-electron chi connectivity index (χ3n) is 6.47. The van der Waals surface area contributed by atoms with E-state index < -0.39 is 29.8 Å². The zero-order valence-electron chi connectivity index (χ0n) is 20.3.